The Hall–Kier alpha value is -2.74. The lowest BCUT2D eigenvalue weighted by atomic mass is 9.97. The molecule has 0 saturated carbocycles. The minimum Gasteiger partial charge on any atom is -0.321 e. The van der Waals surface area contributed by atoms with Crippen LogP contribution in [0.2, 0.25) is 10.0 Å². The van der Waals surface area contributed by atoms with Crippen LogP contribution in [0.3, 0.4) is 0 Å². The lowest BCUT2D eigenvalue weighted by Crippen LogP contribution is -2.67. The van der Waals surface area contributed by atoms with Gasteiger partial charge in [0.05, 0.1) is 10.0 Å². The van der Waals surface area contributed by atoms with Crippen LogP contribution >= 0.6 is 23.2 Å². The fourth-order valence-electron chi connectivity index (χ4n) is 2.25. The van der Waals surface area contributed by atoms with Gasteiger partial charge < -0.3 is 10.6 Å². The van der Waals surface area contributed by atoms with E-state index in [4.69, 9.17) is 23.2 Å². The highest BCUT2D eigenvalue weighted by Gasteiger charge is 2.84. The summed E-state index contributed by atoms with van der Waals surface area (Å²) in [5.41, 5.74) is -1.74. The summed E-state index contributed by atoms with van der Waals surface area (Å²) in [6, 6.07) is 2.92. The predicted molar refractivity (Wildman–Crippen MR) is 99.9 cm³/mol. The maximum atomic E-state index is 14.0. The Labute approximate surface area is 192 Å². The third-order valence-corrected chi connectivity index (χ3v) is 4.69. The van der Waals surface area contributed by atoms with E-state index in [2.05, 4.69) is 0 Å². The summed E-state index contributed by atoms with van der Waals surface area (Å²) in [5.74, 6) is -36.0. The van der Waals surface area contributed by atoms with Gasteiger partial charge in [0.15, 0.2) is 0 Å². The SMILES string of the molecule is O=C(Nc1ccc(F)c(Cl)c1)C(F)(F)C(F)(F)C(F)(F)C(F)(F)C(=O)Nc1ccc(F)c(Cl)c1. The highest BCUT2D eigenvalue weighted by atomic mass is 35.5. The maximum Gasteiger partial charge on any atom is 0.393 e. The van der Waals surface area contributed by atoms with Crippen LogP contribution in [0.4, 0.5) is 55.3 Å². The number of alkyl halides is 8. The Balaban J connectivity index is 2.33. The van der Waals surface area contributed by atoms with Crippen LogP contribution < -0.4 is 10.6 Å². The van der Waals surface area contributed by atoms with Gasteiger partial charge in [0.25, 0.3) is 0 Å². The van der Waals surface area contributed by atoms with Crippen molar-refractivity contribution in [2.75, 3.05) is 10.6 Å². The molecule has 0 radical (unpaired) electrons. The molecule has 0 unspecified atom stereocenters. The van der Waals surface area contributed by atoms with E-state index in [9.17, 15) is 53.5 Å². The Morgan fingerprint density at radius 3 is 1.18 bits per heavy atom. The van der Waals surface area contributed by atoms with Crippen LogP contribution in [0.15, 0.2) is 36.4 Å². The van der Waals surface area contributed by atoms with Gasteiger partial charge in [-0.2, -0.15) is 35.1 Å². The van der Waals surface area contributed by atoms with E-state index in [1.165, 1.54) is 0 Å². The van der Waals surface area contributed by atoms with Crippen molar-refractivity contribution in [3.8, 4) is 0 Å². The molecule has 0 fully saturated rings. The van der Waals surface area contributed by atoms with Crippen molar-refractivity contribution in [3.63, 3.8) is 0 Å². The van der Waals surface area contributed by atoms with Gasteiger partial charge in [0.2, 0.25) is 0 Å². The molecule has 2 aromatic rings. The largest absolute Gasteiger partial charge is 0.393 e. The molecule has 4 nitrogen and oxygen atoms in total. The van der Waals surface area contributed by atoms with Gasteiger partial charge in [-0.05, 0) is 36.4 Å². The molecule has 2 rings (SSSR count). The fourth-order valence-corrected chi connectivity index (χ4v) is 2.61. The molecule has 0 bridgehead atoms. The summed E-state index contributed by atoms with van der Waals surface area (Å²) in [5, 5.41) is 0.444. The highest BCUT2D eigenvalue weighted by molar-refractivity contribution is 6.31. The van der Waals surface area contributed by atoms with Crippen LogP contribution in [0, 0.1) is 11.6 Å². The molecule has 0 atom stereocenters. The summed E-state index contributed by atoms with van der Waals surface area (Å²) < 4.78 is 138. The average molecular weight is 545 g/mol. The Bertz CT molecular complexity index is 1040. The number of hydrogen-bond acceptors (Lipinski definition) is 2. The van der Waals surface area contributed by atoms with Gasteiger partial charge in [-0.25, -0.2) is 8.78 Å². The molecule has 16 heteroatoms. The van der Waals surface area contributed by atoms with E-state index in [0.717, 1.165) is 10.6 Å². The van der Waals surface area contributed by atoms with Crippen LogP contribution in [0.1, 0.15) is 0 Å². The third kappa shape index (κ3) is 4.73. The molecule has 0 heterocycles. The number of carbonyl (C=O) groups excluding carboxylic acids is 2. The zero-order valence-electron chi connectivity index (χ0n) is 15.8. The quantitative estimate of drug-likeness (QED) is 0.397. The summed E-state index contributed by atoms with van der Waals surface area (Å²) >= 11 is 10.6. The summed E-state index contributed by atoms with van der Waals surface area (Å²) in [4.78, 5) is 23.1. The first-order valence-corrected chi connectivity index (χ1v) is 9.16. The van der Waals surface area contributed by atoms with Crippen LogP contribution in [-0.2, 0) is 9.59 Å². The van der Waals surface area contributed by atoms with Crippen molar-refractivity contribution in [1.29, 1.82) is 0 Å². The zero-order chi connectivity index (χ0) is 26.3. The Kier molecular flexibility index (Phi) is 7.39. The molecule has 2 N–H and O–H groups in total. The van der Waals surface area contributed by atoms with Crippen molar-refractivity contribution in [2.45, 2.75) is 23.7 Å². The van der Waals surface area contributed by atoms with Crippen LogP contribution in [0.25, 0.3) is 0 Å². The van der Waals surface area contributed by atoms with Gasteiger partial charge in [0.1, 0.15) is 11.6 Å². The number of nitrogens with one attached hydrogen (secondary N) is 2. The highest BCUT2D eigenvalue weighted by Crippen LogP contribution is 2.53. The first-order chi connectivity index (χ1) is 15.4. The first-order valence-electron chi connectivity index (χ1n) is 8.40. The van der Waals surface area contributed by atoms with E-state index in [1.807, 2.05) is 0 Å². The number of halogens is 12. The van der Waals surface area contributed by atoms with E-state index >= 15 is 0 Å². The van der Waals surface area contributed by atoms with Crippen LogP contribution in [-0.4, -0.2) is 35.5 Å². The third-order valence-electron chi connectivity index (χ3n) is 4.11. The zero-order valence-corrected chi connectivity index (χ0v) is 17.3. The molecule has 0 spiro atoms. The number of rotatable bonds is 7. The van der Waals surface area contributed by atoms with Crippen molar-refractivity contribution in [2.24, 2.45) is 0 Å². The first kappa shape index (κ1) is 27.5. The second-order valence-corrected chi connectivity index (χ2v) is 7.28. The molecule has 0 aliphatic rings. The number of anilines is 2. The Morgan fingerprint density at radius 1 is 0.618 bits per heavy atom. The lowest BCUT2D eigenvalue weighted by Gasteiger charge is -2.35. The van der Waals surface area contributed by atoms with Crippen molar-refractivity contribution < 1.29 is 53.5 Å². The smallest absolute Gasteiger partial charge is 0.321 e. The number of carbonyl (C=O) groups is 2. The second-order valence-electron chi connectivity index (χ2n) is 6.46. The molecule has 0 saturated heterocycles. The number of hydrogen-bond donors (Lipinski definition) is 2. The van der Waals surface area contributed by atoms with Crippen molar-refractivity contribution in [3.05, 3.63) is 58.1 Å². The van der Waals surface area contributed by atoms with E-state index in [-0.39, 0.29) is 0 Å². The number of benzene rings is 2. The minimum absolute atomic E-state index is 0.441. The van der Waals surface area contributed by atoms with Gasteiger partial charge in [-0.15, -0.1) is 0 Å². The minimum atomic E-state index is -7.14. The van der Waals surface area contributed by atoms with Gasteiger partial charge in [0, 0.05) is 11.4 Å². The van der Waals surface area contributed by atoms with Gasteiger partial charge in [-0.3, -0.25) is 9.59 Å². The molecule has 2 aromatic carbocycles. The summed E-state index contributed by atoms with van der Waals surface area (Å²) in [6.07, 6.45) is 0. The molecule has 186 valence electrons. The van der Waals surface area contributed by atoms with Crippen LogP contribution in [0.5, 0.6) is 0 Å². The van der Waals surface area contributed by atoms with Gasteiger partial charge in [-0.1, -0.05) is 23.2 Å². The molecular formula is C18H8Cl2F10N2O2. The van der Waals surface area contributed by atoms with Crippen molar-refractivity contribution in [1.82, 2.24) is 0 Å². The maximum absolute atomic E-state index is 14.0. The predicted octanol–water partition coefficient (Wildman–Crippen LogP) is 6.39. The normalized spacial score (nSPS) is 12.9. The summed E-state index contributed by atoms with van der Waals surface area (Å²) in [7, 11) is 0. The van der Waals surface area contributed by atoms with E-state index < -0.39 is 68.6 Å². The molecular weight excluding hydrogens is 537 g/mol. The summed E-state index contributed by atoms with van der Waals surface area (Å²) in [6.45, 7) is 0. The lowest BCUT2D eigenvalue weighted by molar-refractivity contribution is -0.345. The van der Waals surface area contributed by atoms with E-state index in [0.29, 0.717) is 36.4 Å². The standard InChI is InChI=1S/C18H8Cl2F10N2O2/c19-9-5-7(1-3-11(9)21)31-13(33)15(23,24)17(27,28)18(29,30)16(25,26)14(34)32-8-2-4-12(22)10(20)6-8/h1-6H,(H,31,33)(H,32,34). The Morgan fingerprint density at radius 2 is 0.912 bits per heavy atom. The number of amides is 2. The molecule has 34 heavy (non-hydrogen) atoms. The molecule has 2 amide bonds. The fraction of sp³-hybridized carbons (Fsp3) is 0.222. The topological polar surface area (TPSA) is 58.2 Å². The second kappa shape index (κ2) is 9.13. The average Bonchev–Trinajstić information content (AvgIpc) is 2.72. The molecule has 0 aliphatic heterocycles. The van der Waals surface area contributed by atoms with E-state index in [1.54, 1.807) is 0 Å². The molecule has 0 aromatic heterocycles. The molecule has 0 aliphatic carbocycles. The van der Waals surface area contributed by atoms with Gasteiger partial charge >= 0.3 is 35.5 Å². The van der Waals surface area contributed by atoms with Crippen molar-refractivity contribution >= 4 is 46.4 Å². The monoisotopic (exact) mass is 544 g/mol.